The van der Waals surface area contributed by atoms with Crippen molar-refractivity contribution in [2.45, 2.75) is 85.2 Å². The largest absolute Gasteiger partial charge is 0.397 e. The molecule has 1 aromatic rings. The molecule has 0 unspecified atom stereocenters. The van der Waals surface area contributed by atoms with E-state index in [1.165, 1.54) is 16.7 Å². The van der Waals surface area contributed by atoms with Crippen LogP contribution in [0.1, 0.15) is 81.5 Å². The van der Waals surface area contributed by atoms with Gasteiger partial charge in [-0.1, -0.05) is 52.2 Å². The molecule has 0 aromatic heterocycles. The fourth-order valence-electron chi connectivity index (χ4n) is 2.99. The molecule has 0 spiro atoms. The second-order valence-electron chi connectivity index (χ2n) is 6.34. The molecule has 0 atom stereocenters. The summed E-state index contributed by atoms with van der Waals surface area (Å²) in [7, 11) is -4.41. The van der Waals surface area contributed by atoms with E-state index in [1.54, 1.807) is 0 Å². The molecule has 0 aliphatic rings. The van der Waals surface area contributed by atoms with E-state index < -0.39 is 10.4 Å². The fourth-order valence-corrected chi connectivity index (χ4v) is 3.27. The number of rotatable bonds is 12. The van der Waals surface area contributed by atoms with E-state index >= 15 is 0 Å². The Balaban J connectivity index is 0.00000576. The van der Waals surface area contributed by atoms with E-state index in [4.69, 9.17) is 4.55 Å². The third kappa shape index (κ3) is 8.81. The summed E-state index contributed by atoms with van der Waals surface area (Å²) in [5, 5.41) is 0. The summed E-state index contributed by atoms with van der Waals surface area (Å²) in [6, 6.07) is 4.08. The van der Waals surface area contributed by atoms with Crippen molar-refractivity contribution >= 4 is 10.4 Å². The summed E-state index contributed by atoms with van der Waals surface area (Å²) < 4.78 is 35.4. The highest BCUT2D eigenvalue weighted by molar-refractivity contribution is 7.80. The molecule has 0 bridgehead atoms. The number of hydrogen-bond acceptors (Lipinski definition) is 4. The molecule has 0 saturated carbocycles. The maximum absolute atomic E-state index is 10.9. The van der Waals surface area contributed by atoms with Crippen molar-refractivity contribution in [2.75, 3.05) is 0 Å². The first-order chi connectivity index (χ1) is 11.4. The van der Waals surface area contributed by atoms with E-state index in [0.717, 1.165) is 63.4 Å². The highest BCUT2D eigenvalue weighted by Crippen LogP contribution is 2.26. The Hall–Kier alpha value is -0.950. The molecule has 0 radical (unpaired) electrons. The van der Waals surface area contributed by atoms with Gasteiger partial charge in [-0.15, -0.1) is 0 Å². The predicted octanol–water partition coefficient (Wildman–Crippen LogP) is 5.20. The molecule has 1 aromatic carbocycles. The summed E-state index contributed by atoms with van der Waals surface area (Å²) in [6.45, 7) is 6.44. The minimum atomic E-state index is -4.41. The van der Waals surface area contributed by atoms with Crippen LogP contribution >= 0.6 is 0 Å². The van der Waals surface area contributed by atoms with E-state index in [0.29, 0.717) is 0 Å². The van der Waals surface area contributed by atoms with Crippen molar-refractivity contribution in [3.63, 3.8) is 0 Å². The summed E-state index contributed by atoms with van der Waals surface area (Å²) in [4.78, 5) is 0. The van der Waals surface area contributed by atoms with Gasteiger partial charge in [-0.05, 0) is 60.8 Å². The lowest BCUT2D eigenvalue weighted by atomic mass is 9.88. The van der Waals surface area contributed by atoms with Gasteiger partial charge in [-0.2, -0.15) is 8.42 Å². The third-order valence-electron chi connectivity index (χ3n) is 4.35. The zero-order chi connectivity index (χ0) is 18.0. The first-order valence-electron chi connectivity index (χ1n) is 9.17. The van der Waals surface area contributed by atoms with Crippen LogP contribution in [0.2, 0.25) is 0 Å². The second-order valence-corrected chi connectivity index (χ2v) is 7.43. The predicted molar refractivity (Wildman–Crippen MR) is 104 cm³/mol. The molecule has 0 amide bonds. The Morgan fingerprint density at radius 2 is 1.28 bits per heavy atom. The van der Waals surface area contributed by atoms with Crippen LogP contribution in [-0.4, -0.2) is 13.0 Å². The highest BCUT2D eigenvalue weighted by atomic mass is 32.3. The van der Waals surface area contributed by atoms with Gasteiger partial charge in [0.2, 0.25) is 0 Å². The van der Waals surface area contributed by atoms with E-state index in [-0.39, 0.29) is 12.8 Å². The van der Waals surface area contributed by atoms with Gasteiger partial charge in [0.1, 0.15) is 0 Å². The van der Waals surface area contributed by atoms with Gasteiger partial charge in [-0.25, -0.2) is 4.18 Å². The Kier molecular flexibility index (Phi) is 11.9. The molecule has 0 saturated heterocycles. The molecule has 0 aliphatic carbocycles. The minimum Gasteiger partial charge on any atom is -0.344 e. The molecule has 146 valence electrons. The molecule has 5 nitrogen and oxygen atoms in total. The quantitative estimate of drug-likeness (QED) is 0.491. The summed E-state index contributed by atoms with van der Waals surface area (Å²) in [5.74, 6) is 0. The number of hydrogen-bond donors (Lipinski definition) is 2. The van der Waals surface area contributed by atoms with Crippen molar-refractivity contribution in [2.24, 2.45) is 0 Å². The average molecular weight is 374 g/mol. The second kappa shape index (κ2) is 12.4. The molecule has 1 rings (SSSR count). The zero-order valence-electron chi connectivity index (χ0n) is 16.0. The van der Waals surface area contributed by atoms with Crippen LogP contribution in [0.5, 0.6) is 0 Å². The van der Waals surface area contributed by atoms with Gasteiger partial charge in [-0.3, -0.25) is 4.55 Å². The highest BCUT2D eigenvalue weighted by Gasteiger charge is 2.15. The Morgan fingerprint density at radius 1 is 0.840 bits per heavy atom. The van der Waals surface area contributed by atoms with Gasteiger partial charge >= 0.3 is 10.4 Å². The molecular formula is C19H35NO4S. The number of aryl methyl sites for hydroxylation is 1. The first kappa shape index (κ1) is 24.1. The number of benzene rings is 1. The topological polar surface area (TPSA) is 98.6 Å². The maximum Gasteiger partial charge on any atom is 0.397 e. The van der Waals surface area contributed by atoms with Crippen LogP contribution in [0.25, 0.3) is 0 Å². The van der Waals surface area contributed by atoms with Crippen LogP contribution < -0.4 is 6.15 Å². The van der Waals surface area contributed by atoms with Gasteiger partial charge in [0.25, 0.3) is 0 Å². The summed E-state index contributed by atoms with van der Waals surface area (Å²) in [6.07, 6.45) is 9.74. The SMILES string of the molecule is CCCCc1ccc(COS(=O)(=O)O)c(CCCC)c1CCCC.N. The van der Waals surface area contributed by atoms with Crippen LogP contribution in [0, 0.1) is 0 Å². The van der Waals surface area contributed by atoms with Crippen LogP contribution in [0.15, 0.2) is 12.1 Å². The molecule has 0 aliphatic heterocycles. The standard InChI is InChI=1S/C19H32O4S.H3N/c1-4-7-10-16-13-14-17(15-23-24(20,21)22)19(12-9-6-3)18(16)11-8-5-2;/h13-14H,4-12,15H2,1-3H3,(H,20,21,22);1H3. The van der Waals surface area contributed by atoms with E-state index in [2.05, 4.69) is 31.0 Å². The van der Waals surface area contributed by atoms with E-state index in [9.17, 15) is 8.42 Å². The number of unbranched alkanes of at least 4 members (excludes halogenated alkanes) is 3. The fraction of sp³-hybridized carbons (Fsp3) is 0.684. The van der Waals surface area contributed by atoms with Crippen LogP contribution in [0.3, 0.4) is 0 Å². The van der Waals surface area contributed by atoms with Crippen molar-refractivity contribution < 1.29 is 17.2 Å². The minimum absolute atomic E-state index is 0. The van der Waals surface area contributed by atoms with Crippen molar-refractivity contribution in [3.8, 4) is 0 Å². The first-order valence-corrected chi connectivity index (χ1v) is 10.5. The van der Waals surface area contributed by atoms with Crippen molar-refractivity contribution in [1.29, 1.82) is 0 Å². The van der Waals surface area contributed by atoms with Crippen molar-refractivity contribution in [3.05, 3.63) is 34.4 Å². The summed E-state index contributed by atoms with van der Waals surface area (Å²) >= 11 is 0. The van der Waals surface area contributed by atoms with Gasteiger partial charge in [0.15, 0.2) is 0 Å². The Labute approximate surface area is 153 Å². The van der Waals surface area contributed by atoms with Gasteiger partial charge in [0.05, 0.1) is 6.61 Å². The molecule has 0 fully saturated rings. The monoisotopic (exact) mass is 373 g/mol. The average Bonchev–Trinajstić information content (AvgIpc) is 2.54. The maximum atomic E-state index is 10.9. The Bertz CT molecular complexity index is 600. The van der Waals surface area contributed by atoms with Crippen LogP contribution in [0.4, 0.5) is 0 Å². The molecule has 25 heavy (non-hydrogen) atoms. The zero-order valence-corrected chi connectivity index (χ0v) is 16.8. The van der Waals surface area contributed by atoms with Gasteiger partial charge in [0, 0.05) is 0 Å². The lowest BCUT2D eigenvalue weighted by Gasteiger charge is -2.19. The molecule has 0 heterocycles. The molecule has 4 N–H and O–H groups in total. The normalized spacial score (nSPS) is 11.4. The lowest BCUT2D eigenvalue weighted by Crippen LogP contribution is -2.09. The van der Waals surface area contributed by atoms with Gasteiger partial charge < -0.3 is 6.15 Å². The summed E-state index contributed by atoms with van der Waals surface area (Å²) in [5.41, 5.74) is 4.86. The van der Waals surface area contributed by atoms with Crippen LogP contribution in [-0.2, 0) is 40.5 Å². The Morgan fingerprint density at radius 3 is 1.76 bits per heavy atom. The van der Waals surface area contributed by atoms with E-state index in [1.807, 2.05) is 6.07 Å². The van der Waals surface area contributed by atoms with Crippen molar-refractivity contribution in [1.82, 2.24) is 6.15 Å². The molecule has 6 heteroatoms. The molecular weight excluding hydrogens is 338 g/mol. The lowest BCUT2D eigenvalue weighted by molar-refractivity contribution is 0.258. The third-order valence-corrected chi connectivity index (χ3v) is 4.76. The smallest absolute Gasteiger partial charge is 0.344 e.